The molecule has 3 aromatic carbocycles. The van der Waals surface area contributed by atoms with Crippen LogP contribution in [0.25, 0.3) is 0 Å². The summed E-state index contributed by atoms with van der Waals surface area (Å²) in [7, 11) is 1.65. The van der Waals surface area contributed by atoms with E-state index in [9.17, 15) is 4.79 Å². The third-order valence-electron chi connectivity index (χ3n) is 6.79. The molecule has 0 saturated carbocycles. The van der Waals surface area contributed by atoms with Crippen LogP contribution in [0.15, 0.2) is 66.7 Å². The normalized spacial score (nSPS) is 17.0. The van der Waals surface area contributed by atoms with Crippen LogP contribution < -0.4 is 19.7 Å². The Morgan fingerprint density at radius 3 is 2.34 bits per heavy atom. The van der Waals surface area contributed by atoms with Crippen LogP contribution in [-0.2, 0) is 11.2 Å². The highest BCUT2D eigenvalue weighted by atomic mass is 16.5. The molecular formula is C30H36N2O3. The van der Waals surface area contributed by atoms with Gasteiger partial charge in [0.25, 0.3) is 0 Å². The molecule has 0 aliphatic carbocycles. The number of ether oxygens (including phenoxy) is 2. The molecule has 0 saturated heterocycles. The summed E-state index contributed by atoms with van der Waals surface area (Å²) in [6.45, 7) is 9.32. The van der Waals surface area contributed by atoms with Crippen LogP contribution in [0.5, 0.6) is 11.5 Å². The Morgan fingerprint density at radius 1 is 1.00 bits per heavy atom. The number of amides is 1. The van der Waals surface area contributed by atoms with Crippen molar-refractivity contribution in [3.63, 3.8) is 0 Å². The number of nitrogens with zero attached hydrogens (tertiary/aromatic N) is 1. The molecule has 1 aliphatic heterocycles. The number of benzene rings is 3. The molecule has 3 aromatic rings. The zero-order chi connectivity index (χ0) is 24.9. The Balaban J connectivity index is 1.82. The highest BCUT2D eigenvalue weighted by Gasteiger charge is 2.36. The number of carbonyl (C=O) groups excluding carboxylic acids is 1. The molecule has 4 rings (SSSR count). The Bertz CT molecular complexity index is 1140. The molecule has 0 spiro atoms. The zero-order valence-corrected chi connectivity index (χ0v) is 21.4. The monoisotopic (exact) mass is 472 g/mol. The van der Waals surface area contributed by atoms with Crippen molar-refractivity contribution in [3.8, 4) is 11.5 Å². The first kappa shape index (κ1) is 24.8. The van der Waals surface area contributed by atoms with Gasteiger partial charge in [-0.1, -0.05) is 56.3 Å². The molecule has 5 nitrogen and oxygen atoms in total. The smallest absolute Gasteiger partial charge is 0.232 e. The van der Waals surface area contributed by atoms with Gasteiger partial charge in [0.15, 0.2) is 11.5 Å². The summed E-state index contributed by atoms with van der Waals surface area (Å²) in [5.41, 5.74) is 5.20. The van der Waals surface area contributed by atoms with Gasteiger partial charge >= 0.3 is 0 Å². The van der Waals surface area contributed by atoms with E-state index in [1.807, 2.05) is 29.2 Å². The fourth-order valence-electron chi connectivity index (χ4n) is 4.71. The van der Waals surface area contributed by atoms with Gasteiger partial charge in [0, 0.05) is 11.7 Å². The standard InChI is InChI=1S/C30H36N2O3/c1-6-20(3)35-28-19-26-24(17-27(28)34-5)18-29(33)32(30(26)23-11-9-8-10-12-23)25-15-13-22(14-16-25)21(4)31-7-2/h8-17,19-21,30-31H,6-7,18H2,1-5H3. The van der Waals surface area contributed by atoms with E-state index in [0.29, 0.717) is 17.9 Å². The summed E-state index contributed by atoms with van der Waals surface area (Å²) in [5.74, 6) is 1.45. The molecule has 3 atom stereocenters. The van der Waals surface area contributed by atoms with Crippen LogP contribution in [0.2, 0.25) is 0 Å². The maximum atomic E-state index is 13.6. The topological polar surface area (TPSA) is 50.8 Å². The van der Waals surface area contributed by atoms with Gasteiger partial charge in [-0.15, -0.1) is 0 Å². The Hall–Kier alpha value is -3.31. The number of methoxy groups -OCH3 is 1. The van der Waals surface area contributed by atoms with Crippen LogP contribution in [0.3, 0.4) is 0 Å². The van der Waals surface area contributed by atoms with Crippen LogP contribution in [0.4, 0.5) is 5.69 Å². The minimum Gasteiger partial charge on any atom is -0.493 e. The number of carbonyl (C=O) groups is 1. The lowest BCUT2D eigenvalue weighted by molar-refractivity contribution is -0.118. The van der Waals surface area contributed by atoms with Crippen molar-refractivity contribution in [3.05, 3.63) is 89.0 Å². The lowest BCUT2D eigenvalue weighted by Gasteiger charge is -2.38. The maximum Gasteiger partial charge on any atom is 0.232 e. The first-order valence-corrected chi connectivity index (χ1v) is 12.5. The lowest BCUT2D eigenvalue weighted by atomic mass is 9.86. The summed E-state index contributed by atoms with van der Waals surface area (Å²) < 4.78 is 11.9. The van der Waals surface area contributed by atoms with Crippen molar-refractivity contribution >= 4 is 11.6 Å². The molecule has 1 heterocycles. The predicted molar refractivity (Wildman–Crippen MR) is 141 cm³/mol. The van der Waals surface area contributed by atoms with Crippen molar-refractivity contribution in [1.29, 1.82) is 0 Å². The van der Waals surface area contributed by atoms with Crippen LogP contribution in [-0.4, -0.2) is 25.7 Å². The molecule has 0 radical (unpaired) electrons. The van der Waals surface area contributed by atoms with Crippen molar-refractivity contribution in [1.82, 2.24) is 5.32 Å². The van der Waals surface area contributed by atoms with E-state index in [1.165, 1.54) is 5.56 Å². The summed E-state index contributed by atoms with van der Waals surface area (Å²) in [4.78, 5) is 15.5. The average molecular weight is 473 g/mol. The van der Waals surface area contributed by atoms with Crippen LogP contribution in [0, 0.1) is 0 Å². The van der Waals surface area contributed by atoms with E-state index in [4.69, 9.17) is 9.47 Å². The predicted octanol–water partition coefficient (Wildman–Crippen LogP) is 6.22. The molecule has 35 heavy (non-hydrogen) atoms. The SMILES string of the molecule is CCNC(C)c1ccc(N2C(=O)Cc3cc(OC)c(OC(C)CC)cc3C2c2ccccc2)cc1. The van der Waals surface area contributed by atoms with Gasteiger partial charge in [-0.2, -0.15) is 0 Å². The van der Waals surface area contributed by atoms with Gasteiger partial charge in [0.2, 0.25) is 5.91 Å². The number of nitrogens with one attached hydrogen (secondary N) is 1. The van der Waals surface area contributed by atoms with E-state index in [2.05, 4.69) is 75.5 Å². The van der Waals surface area contributed by atoms with E-state index >= 15 is 0 Å². The number of hydrogen-bond acceptors (Lipinski definition) is 4. The van der Waals surface area contributed by atoms with Gasteiger partial charge in [-0.25, -0.2) is 0 Å². The second-order valence-corrected chi connectivity index (χ2v) is 9.16. The molecule has 184 valence electrons. The molecule has 1 amide bonds. The van der Waals surface area contributed by atoms with Crippen LogP contribution >= 0.6 is 0 Å². The third kappa shape index (κ3) is 5.20. The van der Waals surface area contributed by atoms with Gasteiger partial charge in [-0.05, 0) is 73.3 Å². The summed E-state index contributed by atoms with van der Waals surface area (Å²) in [5, 5.41) is 3.45. The fraction of sp³-hybridized carbons (Fsp3) is 0.367. The summed E-state index contributed by atoms with van der Waals surface area (Å²) >= 11 is 0. The van der Waals surface area contributed by atoms with Crippen molar-refractivity contribution in [2.45, 2.75) is 58.7 Å². The van der Waals surface area contributed by atoms with Gasteiger partial charge in [0.1, 0.15) is 0 Å². The molecule has 0 bridgehead atoms. The largest absolute Gasteiger partial charge is 0.493 e. The highest BCUT2D eigenvalue weighted by molar-refractivity contribution is 5.98. The van der Waals surface area contributed by atoms with Crippen molar-refractivity contribution in [2.75, 3.05) is 18.6 Å². The highest BCUT2D eigenvalue weighted by Crippen LogP contribution is 2.43. The molecule has 0 fully saturated rings. The second-order valence-electron chi connectivity index (χ2n) is 9.16. The molecule has 5 heteroatoms. The van der Waals surface area contributed by atoms with Crippen molar-refractivity contribution < 1.29 is 14.3 Å². The van der Waals surface area contributed by atoms with Crippen LogP contribution in [0.1, 0.15) is 68.5 Å². The fourth-order valence-corrected chi connectivity index (χ4v) is 4.71. The molecule has 1 N–H and O–H groups in total. The second kappa shape index (κ2) is 11.0. The minimum atomic E-state index is -0.255. The Morgan fingerprint density at radius 2 is 1.71 bits per heavy atom. The number of fused-ring (bicyclic) bond motifs is 1. The van der Waals surface area contributed by atoms with E-state index in [-0.39, 0.29) is 24.1 Å². The van der Waals surface area contributed by atoms with E-state index in [0.717, 1.165) is 35.3 Å². The number of rotatable bonds is 9. The van der Waals surface area contributed by atoms with E-state index < -0.39 is 0 Å². The lowest BCUT2D eigenvalue weighted by Crippen LogP contribution is -2.41. The average Bonchev–Trinajstić information content (AvgIpc) is 2.88. The summed E-state index contributed by atoms with van der Waals surface area (Å²) in [6.07, 6.45) is 1.27. The van der Waals surface area contributed by atoms with Crippen molar-refractivity contribution in [2.24, 2.45) is 0 Å². The Labute approximate surface area is 209 Å². The first-order chi connectivity index (χ1) is 17.0. The molecular weight excluding hydrogens is 436 g/mol. The first-order valence-electron chi connectivity index (χ1n) is 12.5. The van der Waals surface area contributed by atoms with Gasteiger partial charge < -0.3 is 19.7 Å². The molecule has 1 aliphatic rings. The minimum absolute atomic E-state index is 0.0599. The third-order valence-corrected chi connectivity index (χ3v) is 6.79. The Kier molecular flexibility index (Phi) is 7.76. The van der Waals surface area contributed by atoms with Gasteiger partial charge in [-0.3, -0.25) is 4.79 Å². The molecule has 0 aromatic heterocycles. The quantitative estimate of drug-likeness (QED) is 0.402. The van der Waals surface area contributed by atoms with Gasteiger partial charge in [0.05, 0.1) is 25.7 Å². The summed E-state index contributed by atoms with van der Waals surface area (Å²) in [6, 6.07) is 22.6. The maximum absolute atomic E-state index is 13.6. The zero-order valence-electron chi connectivity index (χ0n) is 21.4. The van der Waals surface area contributed by atoms with E-state index in [1.54, 1.807) is 7.11 Å². The number of hydrogen-bond donors (Lipinski definition) is 1. The molecule has 3 unspecified atom stereocenters. The number of anilines is 1.